The predicted octanol–water partition coefficient (Wildman–Crippen LogP) is 8.68. The van der Waals surface area contributed by atoms with Crippen molar-refractivity contribution in [1.82, 2.24) is 9.97 Å². The van der Waals surface area contributed by atoms with Crippen LogP contribution in [0.1, 0.15) is 58.4 Å². The highest BCUT2D eigenvalue weighted by atomic mass is 16.3. The van der Waals surface area contributed by atoms with E-state index < -0.39 is 0 Å². The lowest BCUT2D eigenvalue weighted by atomic mass is 9.86. The summed E-state index contributed by atoms with van der Waals surface area (Å²) in [6, 6.07) is 17.2. The average molecular weight is 451 g/mol. The first-order valence-electron chi connectivity index (χ1n) is 12.2. The molecule has 3 aromatic heterocycles. The number of aryl methyl sites for hydroxylation is 1. The summed E-state index contributed by atoms with van der Waals surface area (Å²) >= 11 is 0. The van der Waals surface area contributed by atoms with E-state index in [1.807, 2.05) is 6.20 Å². The molecule has 0 bridgehead atoms. The first-order valence-corrected chi connectivity index (χ1v) is 12.2. The van der Waals surface area contributed by atoms with Gasteiger partial charge in [0.15, 0.2) is 5.58 Å². The van der Waals surface area contributed by atoms with Gasteiger partial charge in [-0.05, 0) is 66.0 Å². The van der Waals surface area contributed by atoms with Gasteiger partial charge in [0.2, 0.25) is 0 Å². The number of hydrogen-bond donors (Lipinski definition) is 0. The molecule has 5 rings (SSSR count). The van der Waals surface area contributed by atoms with E-state index >= 15 is 0 Å². The van der Waals surface area contributed by atoms with Gasteiger partial charge in [-0.25, -0.2) is 4.98 Å². The van der Waals surface area contributed by atoms with E-state index in [-0.39, 0.29) is 10.8 Å². The van der Waals surface area contributed by atoms with Crippen molar-refractivity contribution >= 4 is 32.8 Å². The van der Waals surface area contributed by atoms with Gasteiger partial charge >= 0.3 is 0 Å². The second kappa shape index (κ2) is 7.94. The first kappa shape index (κ1) is 22.6. The SMILES string of the molecule is Cc1cnc(-c2cccc3c2oc2c3ccc3ccc(CC(C)(C)C)nc32)cc1CC(C)(C)C. The Bertz CT molecular complexity index is 1530. The molecule has 0 saturated heterocycles. The van der Waals surface area contributed by atoms with Crippen LogP contribution < -0.4 is 0 Å². The van der Waals surface area contributed by atoms with Crippen LogP contribution in [-0.4, -0.2) is 9.97 Å². The quantitative estimate of drug-likeness (QED) is 0.276. The minimum Gasteiger partial charge on any atom is -0.453 e. The van der Waals surface area contributed by atoms with Crippen LogP contribution in [-0.2, 0) is 12.8 Å². The van der Waals surface area contributed by atoms with Crippen LogP contribution in [0.15, 0.2) is 59.1 Å². The van der Waals surface area contributed by atoms with E-state index in [0.717, 1.165) is 62.6 Å². The monoisotopic (exact) mass is 450 g/mol. The zero-order valence-corrected chi connectivity index (χ0v) is 21.4. The lowest BCUT2D eigenvalue weighted by molar-refractivity contribution is 0.407. The van der Waals surface area contributed by atoms with Crippen LogP contribution in [0, 0.1) is 17.8 Å². The minimum atomic E-state index is 0.178. The molecule has 3 heteroatoms. The molecule has 0 N–H and O–H groups in total. The van der Waals surface area contributed by atoms with Gasteiger partial charge in [-0.3, -0.25) is 4.98 Å². The van der Waals surface area contributed by atoms with E-state index in [0.29, 0.717) is 0 Å². The van der Waals surface area contributed by atoms with Crippen molar-refractivity contribution in [2.75, 3.05) is 0 Å². The number of fused-ring (bicyclic) bond motifs is 5. The third-order valence-electron chi connectivity index (χ3n) is 6.31. The van der Waals surface area contributed by atoms with E-state index in [1.165, 1.54) is 11.1 Å². The molecule has 0 saturated carbocycles. The molecule has 0 atom stereocenters. The van der Waals surface area contributed by atoms with Crippen molar-refractivity contribution in [1.29, 1.82) is 0 Å². The van der Waals surface area contributed by atoms with Gasteiger partial charge in [0.1, 0.15) is 11.1 Å². The van der Waals surface area contributed by atoms with Crippen molar-refractivity contribution in [3.63, 3.8) is 0 Å². The number of nitrogens with zero attached hydrogens (tertiary/aromatic N) is 2. The fraction of sp³-hybridized carbons (Fsp3) is 0.355. The number of hydrogen-bond acceptors (Lipinski definition) is 3. The summed E-state index contributed by atoms with van der Waals surface area (Å²) in [4.78, 5) is 9.84. The second-order valence-corrected chi connectivity index (χ2v) is 12.1. The van der Waals surface area contributed by atoms with Gasteiger partial charge in [-0.15, -0.1) is 0 Å². The largest absolute Gasteiger partial charge is 0.453 e. The molecule has 2 aromatic carbocycles. The second-order valence-electron chi connectivity index (χ2n) is 12.1. The van der Waals surface area contributed by atoms with E-state index in [2.05, 4.69) is 97.0 Å². The van der Waals surface area contributed by atoms with Crippen molar-refractivity contribution in [2.45, 2.75) is 61.3 Å². The summed E-state index contributed by atoms with van der Waals surface area (Å²) in [7, 11) is 0. The van der Waals surface area contributed by atoms with Crippen molar-refractivity contribution in [3.05, 3.63) is 71.5 Å². The lowest BCUT2D eigenvalue weighted by Gasteiger charge is -2.20. The Hall–Kier alpha value is -3.20. The predicted molar refractivity (Wildman–Crippen MR) is 143 cm³/mol. The molecule has 0 aliphatic rings. The average Bonchev–Trinajstić information content (AvgIpc) is 3.13. The van der Waals surface area contributed by atoms with Crippen molar-refractivity contribution < 1.29 is 4.42 Å². The molecule has 5 aromatic rings. The molecular formula is C31H34N2O. The molecule has 0 spiro atoms. The molecule has 0 fully saturated rings. The molecule has 0 aliphatic carbocycles. The van der Waals surface area contributed by atoms with E-state index in [9.17, 15) is 0 Å². The standard InChI is InChI=1S/C31H34N2O/c1-19-18-32-26(15-21(19)16-30(2,3)4)25-10-8-9-23-24-14-12-20-11-13-22(17-31(5,6)7)33-27(20)29(24)34-28(23)25/h8-15,18H,16-17H2,1-7H3. The van der Waals surface area contributed by atoms with Gasteiger partial charge < -0.3 is 4.42 Å². The maximum Gasteiger partial charge on any atom is 0.161 e. The topological polar surface area (TPSA) is 38.9 Å². The normalized spacial score (nSPS) is 12.8. The number of rotatable bonds is 3. The molecule has 0 radical (unpaired) electrons. The first-order chi connectivity index (χ1) is 16.0. The summed E-state index contributed by atoms with van der Waals surface area (Å²) in [6.07, 6.45) is 3.93. The van der Waals surface area contributed by atoms with Crippen LogP contribution >= 0.6 is 0 Å². The molecule has 34 heavy (non-hydrogen) atoms. The molecule has 3 heterocycles. The Morgan fingerprint density at radius 1 is 0.794 bits per heavy atom. The van der Waals surface area contributed by atoms with E-state index in [4.69, 9.17) is 14.4 Å². The van der Waals surface area contributed by atoms with Crippen LogP contribution in [0.25, 0.3) is 44.1 Å². The van der Waals surface area contributed by atoms with E-state index in [1.54, 1.807) is 0 Å². The maximum absolute atomic E-state index is 6.60. The molecule has 0 aliphatic heterocycles. The molecule has 0 unspecified atom stereocenters. The van der Waals surface area contributed by atoms with Gasteiger partial charge in [-0.1, -0.05) is 65.8 Å². The lowest BCUT2D eigenvalue weighted by Crippen LogP contribution is -2.10. The Morgan fingerprint density at radius 2 is 1.50 bits per heavy atom. The zero-order chi connectivity index (χ0) is 24.3. The van der Waals surface area contributed by atoms with Crippen LogP contribution in [0.2, 0.25) is 0 Å². The summed E-state index contributed by atoms with van der Waals surface area (Å²) in [5.74, 6) is 0. The third kappa shape index (κ3) is 4.32. The molecule has 0 amide bonds. The highest BCUT2D eigenvalue weighted by molar-refractivity contribution is 6.16. The number of furan rings is 1. The van der Waals surface area contributed by atoms with Gasteiger partial charge in [0.25, 0.3) is 0 Å². The van der Waals surface area contributed by atoms with Crippen LogP contribution in [0.4, 0.5) is 0 Å². The van der Waals surface area contributed by atoms with Crippen LogP contribution in [0.3, 0.4) is 0 Å². The van der Waals surface area contributed by atoms with Crippen LogP contribution in [0.5, 0.6) is 0 Å². The highest BCUT2D eigenvalue weighted by Crippen LogP contribution is 2.38. The third-order valence-corrected chi connectivity index (χ3v) is 6.31. The Morgan fingerprint density at radius 3 is 2.24 bits per heavy atom. The number of benzene rings is 2. The Labute approximate surface area is 202 Å². The fourth-order valence-corrected chi connectivity index (χ4v) is 4.80. The summed E-state index contributed by atoms with van der Waals surface area (Å²) in [5, 5.41) is 3.32. The highest BCUT2D eigenvalue weighted by Gasteiger charge is 2.19. The zero-order valence-electron chi connectivity index (χ0n) is 21.4. The summed E-state index contributed by atoms with van der Waals surface area (Å²) in [5.41, 5.74) is 8.72. The molecule has 3 nitrogen and oxygen atoms in total. The van der Waals surface area contributed by atoms with Gasteiger partial charge in [-0.2, -0.15) is 0 Å². The van der Waals surface area contributed by atoms with Gasteiger partial charge in [0, 0.05) is 33.6 Å². The van der Waals surface area contributed by atoms with Gasteiger partial charge in [0.05, 0.1) is 5.69 Å². The smallest absolute Gasteiger partial charge is 0.161 e. The number of pyridine rings is 2. The Balaban J connectivity index is 1.71. The Kier molecular flexibility index (Phi) is 5.27. The number of aromatic nitrogens is 2. The van der Waals surface area contributed by atoms with Crippen molar-refractivity contribution in [2.24, 2.45) is 10.8 Å². The minimum absolute atomic E-state index is 0.178. The summed E-state index contributed by atoms with van der Waals surface area (Å²) < 4.78 is 6.60. The fourth-order valence-electron chi connectivity index (χ4n) is 4.80. The van der Waals surface area contributed by atoms with Crippen molar-refractivity contribution in [3.8, 4) is 11.3 Å². The maximum atomic E-state index is 6.60. The molecule has 174 valence electrons. The molecular weight excluding hydrogens is 416 g/mol. The summed E-state index contributed by atoms with van der Waals surface area (Å²) in [6.45, 7) is 15.7. The number of para-hydroxylation sites is 1.